The highest BCUT2D eigenvalue weighted by atomic mass is 16.2. The number of hydrogen-bond acceptors (Lipinski definition) is 7. The van der Waals surface area contributed by atoms with Gasteiger partial charge in [0, 0.05) is 18.4 Å². The molecule has 1 aliphatic rings. The highest BCUT2D eigenvalue weighted by molar-refractivity contribution is 5.94. The first-order valence-electron chi connectivity index (χ1n) is 7.57. The van der Waals surface area contributed by atoms with Crippen molar-refractivity contribution < 1.29 is 4.79 Å². The molecule has 8 nitrogen and oxygen atoms in total. The summed E-state index contributed by atoms with van der Waals surface area (Å²) in [6.07, 6.45) is 9.16. The van der Waals surface area contributed by atoms with Gasteiger partial charge in [-0.15, -0.1) is 0 Å². The first-order chi connectivity index (χ1) is 11.2. The lowest BCUT2D eigenvalue weighted by Gasteiger charge is -2.16. The zero-order chi connectivity index (χ0) is 16.1. The van der Waals surface area contributed by atoms with Crippen molar-refractivity contribution in [1.82, 2.24) is 20.4 Å². The van der Waals surface area contributed by atoms with E-state index in [1.54, 1.807) is 18.3 Å². The molecule has 8 heteroatoms. The van der Waals surface area contributed by atoms with Gasteiger partial charge >= 0.3 is 0 Å². The summed E-state index contributed by atoms with van der Waals surface area (Å²) in [7, 11) is 0. The predicted octanol–water partition coefficient (Wildman–Crippen LogP) is 1.57. The number of pyridine rings is 1. The number of rotatable bonds is 5. The van der Waals surface area contributed by atoms with Crippen molar-refractivity contribution in [2.24, 2.45) is 0 Å². The molecule has 0 bridgehead atoms. The summed E-state index contributed by atoms with van der Waals surface area (Å²) in [4.78, 5) is 24.1. The number of nitrogens with two attached hydrogens (primary N) is 1. The summed E-state index contributed by atoms with van der Waals surface area (Å²) < 4.78 is 0. The van der Waals surface area contributed by atoms with Crippen molar-refractivity contribution in [1.29, 1.82) is 0 Å². The van der Waals surface area contributed by atoms with Crippen LogP contribution >= 0.6 is 0 Å². The van der Waals surface area contributed by atoms with Gasteiger partial charge in [0.25, 0.3) is 5.91 Å². The normalized spacial score (nSPS) is 14.4. The molecule has 3 rings (SSSR count). The van der Waals surface area contributed by atoms with E-state index in [4.69, 9.17) is 5.73 Å². The molecule has 1 amide bonds. The van der Waals surface area contributed by atoms with Crippen molar-refractivity contribution in [3.63, 3.8) is 0 Å². The van der Waals surface area contributed by atoms with Gasteiger partial charge < -0.3 is 11.1 Å². The lowest BCUT2D eigenvalue weighted by atomic mass is 10.2. The van der Waals surface area contributed by atoms with Crippen molar-refractivity contribution >= 4 is 23.2 Å². The number of anilines is 3. The molecule has 0 saturated heterocycles. The maximum atomic E-state index is 12.0. The van der Waals surface area contributed by atoms with Gasteiger partial charge in [0.05, 0.1) is 5.56 Å². The van der Waals surface area contributed by atoms with Crippen LogP contribution < -0.4 is 21.9 Å². The number of carbonyl (C=O) groups is 1. The number of hydrogen-bond donors (Lipinski definition) is 4. The summed E-state index contributed by atoms with van der Waals surface area (Å²) in [5, 5.41) is 3.33. The molecule has 120 valence electrons. The van der Waals surface area contributed by atoms with Crippen LogP contribution in [0.1, 0.15) is 36.0 Å². The molecule has 2 heterocycles. The third kappa shape index (κ3) is 3.65. The van der Waals surface area contributed by atoms with E-state index in [1.807, 2.05) is 0 Å². The molecule has 1 fully saturated rings. The quantitative estimate of drug-likeness (QED) is 0.619. The number of amides is 1. The fraction of sp³-hybridized carbons (Fsp3) is 0.333. The number of nitrogens with one attached hydrogen (secondary N) is 3. The maximum absolute atomic E-state index is 12.0. The second-order valence-electron chi connectivity index (χ2n) is 5.43. The van der Waals surface area contributed by atoms with Crippen LogP contribution in [0, 0.1) is 0 Å². The number of nitrogen functional groups attached to an aromatic ring is 1. The fourth-order valence-electron chi connectivity index (χ4n) is 2.56. The SMILES string of the molecule is Nc1c(NNC(=O)c2cccnc2)ncnc1NC1CCCC1. The number of aromatic nitrogens is 3. The van der Waals surface area contributed by atoms with E-state index in [0.29, 0.717) is 28.9 Å². The predicted molar refractivity (Wildman–Crippen MR) is 87.6 cm³/mol. The molecule has 0 unspecified atom stereocenters. The third-order valence-corrected chi connectivity index (χ3v) is 3.80. The van der Waals surface area contributed by atoms with E-state index < -0.39 is 0 Å². The van der Waals surface area contributed by atoms with Gasteiger partial charge in [0.15, 0.2) is 11.6 Å². The average molecular weight is 313 g/mol. The Morgan fingerprint density at radius 1 is 1.22 bits per heavy atom. The van der Waals surface area contributed by atoms with E-state index in [-0.39, 0.29) is 5.91 Å². The smallest absolute Gasteiger partial charge is 0.271 e. The number of nitrogens with zero attached hydrogens (tertiary/aromatic N) is 3. The van der Waals surface area contributed by atoms with Crippen LogP contribution in [0.15, 0.2) is 30.9 Å². The summed E-state index contributed by atoms with van der Waals surface area (Å²) in [6.45, 7) is 0. The molecule has 0 spiro atoms. The van der Waals surface area contributed by atoms with Crippen molar-refractivity contribution in [3.05, 3.63) is 36.4 Å². The topological polar surface area (TPSA) is 118 Å². The number of hydrazine groups is 1. The van der Waals surface area contributed by atoms with Gasteiger partial charge in [-0.25, -0.2) is 9.97 Å². The standard InChI is InChI=1S/C15H19N7O/c16-12-13(20-11-5-1-2-6-11)18-9-19-14(12)21-22-15(23)10-4-3-7-17-8-10/h3-4,7-9,11H,1-2,5-6,16H2,(H,22,23)(H2,18,19,20,21). The van der Waals surface area contributed by atoms with Gasteiger partial charge in [0.1, 0.15) is 12.0 Å². The van der Waals surface area contributed by atoms with Gasteiger partial charge in [-0.3, -0.25) is 20.6 Å². The lowest BCUT2D eigenvalue weighted by molar-refractivity contribution is 0.0962. The van der Waals surface area contributed by atoms with Crippen LogP contribution in [-0.4, -0.2) is 26.9 Å². The Labute approximate surface area is 133 Å². The fourth-order valence-corrected chi connectivity index (χ4v) is 2.56. The Kier molecular flexibility index (Phi) is 4.51. The Morgan fingerprint density at radius 2 is 2.00 bits per heavy atom. The first kappa shape index (κ1) is 15.0. The minimum atomic E-state index is -0.318. The summed E-state index contributed by atoms with van der Waals surface area (Å²) in [5.74, 6) is 0.629. The van der Waals surface area contributed by atoms with Gasteiger partial charge in [-0.2, -0.15) is 0 Å². The lowest BCUT2D eigenvalue weighted by Crippen LogP contribution is -2.30. The van der Waals surface area contributed by atoms with Crippen LogP contribution in [0.25, 0.3) is 0 Å². The summed E-state index contributed by atoms with van der Waals surface area (Å²) in [5.41, 5.74) is 12.2. The minimum absolute atomic E-state index is 0.318. The van der Waals surface area contributed by atoms with E-state index in [9.17, 15) is 4.79 Å². The van der Waals surface area contributed by atoms with Crippen LogP contribution in [0.3, 0.4) is 0 Å². The molecule has 0 atom stereocenters. The molecule has 1 saturated carbocycles. The van der Waals surface area contributed by atoms with Gasteiger partial charge in [-0.1, -0.05) is 12.8 Å². The summed E-state index contributed by atoms with van der Waals surface area (Å²) >= 11 is 0. The maximum Gasteiger partial charge on any atom is 0.271 e. The van der Waals surface area contributed by atoms with Crippen LogP contribution in [0.4, 0.5) is 17.3 Å². The second-order valence-corrected chi connectivity index (χ2v) is 5.43. The number of carbonyl (C=O) groups excluding carboxylic acids is 1. The largest absolute Gasteiger partial charge is 0.393 e. The molecule has 2 aromatic rings. The van der Waals surface area contributed by atoms with Crippen molar-refractivity contribution in [2.45, 2.75) is 31.7 Å². The van der Waals surface area contributed by atoms with E-state index >= 15 is 0 Å². The molecular weight excluding hydrogens is 294 g/mol. The molecule has 0 radical (unpaired) electrons. The van der Waals surface area contributed by atoms with E-state index in [1.165, 1.54) is 25.4 Å². The monoisotopic (exact) mass is 313 g/mol. The van der Waals surface area contributed by atoms with Gasteiger partial charge in [-0.05, 0) is 25.0 Å². The zero-order valence-corrected chi connectivity index (χ0v) is 12.6. The van der Waals surface area contributed by atoms with Crippen LogP contribution in [0.2, 0.25) is 0 Å². The molecule has 0 aromatic carbocycles. The first-order valence-corrected chi connectivity index (χ1v) is 7.57. The van der Waals surface area contributed by atoms with Crippen molar-refractivity contribution in [3.8, 4) is 0 Å². The molecule has 1 aliphatic carbocycles. The molecule has 23 heavy (non-hydrogen) atoms. The molecule has 2 aromatic heterocycles. The zero-order valence-electron chi connectivity index (χ0n) is 12.6. The molecule has 5 N–H and O–H groups in total. The van der Waals surface area contributed by atoms with E-state index in [2.05, 4.69) is 31.1 Å². The highest BCUT2D eigenvalue weighted by Crippen LogP contribution is 2.26. The minimum Gasteiger partial charge on any atom is -0.393 e. The van der Waals surface area contributed by atoms with Crippen LogP contribution in [0.5, 0.6) is 0 Å². The third-order valence-electron chi connectivity index (χ3n) is 3.80. The van der Waals surface area contributed by atoms with Crippen LogP contribution in [-0.2, 0) is 0 Å². The second kappa shape index (κ2) is 6.91. The van der Waals surface area contributed by atoms with Crippen molar-refractivity contribution in [2.75, 3.05) is 16.5 Å². The Morgan fingerprint density at radius 3 is 2.74 bits per heavy atom. The summed E-state index contributed by atoms with van der Waals surface area (Å²) in [6, 6.07) is 3.75. The molecule has 0 aliphatic heterocycles. The Hall–Kier alpha value is -2.90. The average Bonchev–Trinajstić information content (AvgIpc) is 3.09. The Bertz CT molecular complexity index is 671. The van der Waals surface area contributed by atoms with Gasteiger partial charge in [0.2, 0.25) is 0 Å². The molecular formula is C15H19N7O. The van der Waals surface area contributed by atoms with E-state index in [0.717, 1.165) is 12.8 Å². The highest BCUT2D eigenvalue weighted by Gasteiger charge is 2.17. The Balaban J connectivity index is 1.64.